The maximum atomic E-state index is 9.09. The lowest BCUT2D eigenvalue weighted by atomic mass is 9.75. The van der Waals surface area contributed by atoms with Gasteiger partial charge in [0.1, 0.15) is 0 Å². The Labute approximate surface area is 127 Å². The van der Waals surface area contributed by atoms with Crippen LogP contribution in [0.25, 0.3) is 0 Å². The molecule has 100 valence electrons. The van der Waals surface area contributed by atoms with E-state index < -0.39 is 0 Å². The van der Waals surface area contributed by atoms with Crippen molar-refractivity contribution in [1.29, 1.82) is 0 Å². The summed E-state index contributed by atoms with van der Waals surface area (Å²) in [5.74, 6) is 0.205. The number of nitrogens with zero attached hydrogens (tertiary/aromatic N) is 1. The van der Waals surface area contributed by atoms with Crippen molar-refractivity contribution in [3.63, 3.8) is 0 Å². The van der Waals surface area contributed by atoms with Gasteiger partial charge < -0.3 is 5.21 Å². The number of oxime groups is 1. The molecule has 1 atom stereocenters. The van der Waals surface area contributed by atoms with E-state index in [1.165, 1.54) is 0 Å². The fraction of sp³-hybridized carbons (Fsp3) is 0.188. The third kappa shape index (κ3) is 2.24. The minimum absolute atomic E-state index is 0.205. The third-order valence-corrected chi connectivity index (χ3v) is 4.37. The van der Waals surface area contributed by atoms with Gasteiger partial charge in [-0.2, -0.15) is 0 Å². The molecule has 20 heavy (non-hydrogen) atoms. The van der Waals surface area contributed by atoms with Gasteiger partial charge in [-0.15, -0.1) is 0 Å². The summed E-state index contributed by atoms with van der Waals surface area (Å²) in [4.78, 5) is 0. The molecule has 0 aromatic heterocycles. The van der Waals surface area contributed by atoms with Gasteiger partial charge >= 0.3 is 0 Å². The van der Waals surface area contributed by atoms with Gasteiger partial charge in [-0.25, -0.2) is 0 Å². The highest BCUT2D eigenvalue weighted by Crippen LogP contribution is 2.41. The second-order valence-corrected chi connectivity index (χ2v) is 5.56. The van der Waals surface area contributed by atoms with Crippen LogP contribution in [0.1, 0.15) is 24.3 Å². The summed E-state index contributed by atoms with van der Waals surface area (Å²) in [6.07, 6.45) is 5.37. The van der Waals surface area contributed by atoms with E-state index >= 15 is 0 Å². The number of rotatable bonds is 1. The Morgan fingerprint density at radius 3 is 2.85 bits per heavy atom. The van der Waals surface area contributed by atoms with E-state index in [-0.39, 0.29) is 5.92 Å². The van der Waals surface area contributed by atoms with Crippen LogP contribution in [0, 0.1) is 0 Å². The van der Waals surface area contributed by atoms with Crippen LogP contribution in [0.3, 0.4) is 0 Å². The van der Waals surface area contributed by atoms with E-state index in [9.17, 15) is 0 Å². The first-order valence-corrected chi connectivity index (χ1v) is 7.05. The summed E-state index contributed by atoms with van der Waals surface area (Å²) < 4.78 is 0. The van der Waals surface area contributed by atoms with Crippen LogP contribution in [0.2, 0.25) is 10.0 Å². The van der Waals surface area contributed by atoms with Gasteiger partial charge in [0.25, 0.3) is 0 Å². The molecule has 0 bridgehead atoms. The van der Waals surface area contributed by atoms with Gasteiger partial charge in [-0.05, 0) is 48.3 Å². The molecule has 0 unspecified atom stereocenters. The molecule has 2 nitrogen and oxygen atoms in total. The van der Waals surface area contributed by atoms with Crippen LogP contribution < -0.4 is 0 Å². The molecule has 2 aliphatic carbocycles. The number of hydrogen-bond acceptors (Lipinski definition) is 2. The summed E-state index contributed by atoms with van der Waals surface area (Å²) in [7, 11) is 0. The average molecular weight is 304 g/mol. The minimum atomic E-state index is 0.205. The van der Waals surface area contributed by atoms with E-state index in [1.54, 1.807) is 0 Å². The lowest BCUT2D eigenvalue weighted by molar-refractivity contribution is 0.317. The number of allylic oxidation sites excluding steroid dienone is 4. The number of halogens is 2. The standard InChI is InChI=1S/C16H11Cl2NO/c17-14-7-5-10(9-15(14)18)11-6-8-16(19-20)13-4-2-1-3-12(11)13/h1,3,5,7,9,11,20H,6,8H2/b19-16-/t11-/m0/s1. The van der Waals surface area contributed by atoms with Crippen LogP contribution in [-0.4, -0.2) is 10.9 Å². The highest BCUT2D eigenvalue weighted by Gasteiger charge is 2.29. The highest BCUT2D eigenvalue weighted by atomic mass is 35.5. The topological polar surface area (TPSA) is 32.6 Å². The molecular formula is C16H11Cl2NO. The molecular weight excluding hydrogens is 293 g/mol. The maximum Gasteiger partial charge on any atom is 0.0955 e. The molecule has 1 N–H and O–H groups in total. The third-order valence-electron chi connectivity index (χ3n) is 3.63. The summed E-state index contributed by atoms with van der Waals surface area (Å²) in [5, 5.41) is 13.6. The molecule has 4 heteroatoms. The molecule has 1 fully saturated rings. The fourth-order valence-corrected chi connectivity index (χ4v) is 2.97. The molecule has 1 aromatic rings. The van der Waals surface area contributed by atoms with Crippen LogP contribution in [0.15, 0.2) is 58.1 Å². The van der Waals surface area contributed by atoms with E-state index in [2.05, 4.69) is 16.6 Å². The molecule has 2 aliphatic rings. The second kappa shape index (κ2) is 5.36. The molecule has 0 spiro atoms. The fourth-order valence-electron chi connectivity index (χ4n) is 2.67. The van der Waals surface area contributed by atoms with E-state index in [1.807, 2.05) is 30.4 Å². The van der Waals surface area contributed by atoms with Crippen molar-refractivity contribution in [2.45, 2.75) is 18.8 Å². The predicted octanol–water partition coefficient (Wildman–Crippen LogP) is 4.88. The molecule has 0 heterocycles. The summed E-state index contributed by atoms with van der Waals surface area (Å²) in [6.45, 7) is 0. The molecule has 1 aromatic carbocycles. The van der Waals surface area contributed by atoms with Crippen molar-refractivity contribution in [3.05, 3.63) is 68.6 Å². The largest absolute Gasteiger partial charge is 0.411 e. The predicted molar refractivity (Wildman–Crippen MR) is 80.9 cm³/mol. The van der Waals surface area contributed by atoms with E-state index in [0.717, 1.165) is 23.1 Å². The van der Waals surface area contributed by atoms with Crippen LogP contribution in [-0.2, 0) is 0 Å². The summed E-state index contributed by atoms with van der Waals surface area (Å²) in [5.41, 5.74) is 9.64. The van der Waals surface area contributed by atoms with Crippen molar-refractivity contribution >= 4 is 28.9 Å². The van der Waals surface area contributed by atoms with Crippen molar-refractivity contribution in [2.75, 3.05) is 0 Å². The number of benzene rings is 1. The SMILES string of the molecule is O/N=C1/CC[C@@H](c2ccc(Cl)c(Cl)c2)C2=CC=C=C=C21. The molecule has 3 rings (SSSR count). The molecule has 0 aliphatic heterocycles. The van der Waals surface area contributed by atoms with Gasteiger partial charge in [0, 0.05) is 5.92 Å². The Bertz CT molecular complexity index is 733. The second-order valence-electron chi connectivity index (χ2n) is 4.74. The highest BCUT2D eigenvalue weighted by molar-refractivity contribution is 6.42. The van der Waals surface area contributed by atoms with Gasteiger partial charge in [0.15, 0.2) is 0 Å². The zero-order valence-corrected chi connectivity index (χ0v) is 12.0. The maximum absolute atomic E-state index is 9.09. The lowest BCUT2D eigenvalue weighted by Crippen LogP contribution is -2.19. The quantitative estimate of drug-likeness (QED) is 0.448. The molecule has 0 radical (unpaired) electrons. The summed E-state index contributed by atoms with van der Waals surface area (Å²) in [6, 6.07) is 5.70. The van der Waals surface area contributed by atoms with Gasteiger partial charge in [0.05, 0.1) is 21.3 Å². The zero-order chi connectivity index (χ0) is 14.1. The minimum Gasteiger partial charge on any atom is -0.411 e. The number of hydrogen-bond donors (Lipinski definition) is 1. The molecule has 0 amide bonds. The smallest absolute Gasteiger partial charge is 0.0955 e. The summed E-state index contributed by atoms with van der Waals surface area (Å²) >= 11 is 12.1. The molecule has 0 saturated heterocycles. The Kier molecular flexibility index (Phi) is 3.56. The first-order valence-electron chi connectivity index (χ1n) is 6.29. The lowest BCUT2D eigenvalue weighted by Gasteiger charge is -2.28. The van der Waals surface area contributed by atoms with Gasteiger partial charge in [0.2, 0.25) is 0 Å². The van der Waals surface area contributed by atoms with Gasteiger partial charge in [-0.1, -0.05) is 45.9 Å². The Morgan fingerprint density at radius 1 is 1.25 bits per heavy atom. The van der Waals surface area contributed by atoms with Crippen LogP contribution >= 0.6 is 23.2 Å². The Balaban J connectivity index is 2.05. The van der Waals surface area contributed by atoms with Gasteiger partial charge in [-0.3, -0.25) is 0 Å². The monoisotopic (exact) mass is 303 g/mol. The normalized spacial score (nSPS) is 22.5. The van der Waals surface area contributed by atoms with Crippen molar-refractivity contribution in [3.8, 4) is 0 Å². The average Bonchev–Trinajstić information content (AvgIpc) is 2.49. The van der Waals surface area contributed by atoms with Crippen LogP contribution in [0.4, 0.5) is 0 Å². The Hall–Kier alpha value is -1.69. The van der Waals surface area contributed by atoms with Crippen molar-refractivity contribution in [2.24, 2.45) is 5.16 Å². The first kappa shape index (κ1) is 13.3. The number of fused-ring (bicyclic) bond motifs is 1. The van der Waals surface area contributed by atoms with Crippen LogP contribution in [0.5, 0.6) is 0 Å². The van der Waals surface area contributed by atoms with Crippen molar-refractivity contribution in [1.82, 2.24) is 0 Å². The Morgan fingerprint density at radius 2 is 2.10 bits per heavy atom. The molecule has 1 saturated carbocycles. The van der Waals surface area contributed by atoms with E-state index in [0.29, 0.717) is 22.2 Å². The first-order chi connectivity index (χ1) is 9.70. The zero-order valence-electron chi connectivity index (χ0n) is 10.5. The van der Waals surface area contributed by atoms with E-state index in [4.69, 9.17) is 28.4 Å². The van der Waals surface area contributed by atoms with Crippen molar-refractivity contribution < 1.29 is 5.21 Å².